The highest BCUT2D eigenvalue weighted by molar-refractivity contribution is 5.67. The summed E-state index contributed by atoms with van der Waals surface area (Å²) < 4.78 is 10.9. The molecule has 0 atom stereocenters. The number of nitrogens with two attached hydrogens (primary N) is 1. The molecule has 0 saturated carbocycles. The highest BCUT2D eigenvalue weighted by Crippen LogP contribution is 2.24. The van der Waals surface area contributed by atoms with Crippen LogP contribution in [0, 0.1) is 11.3 Å². The zero-order valence-electron chi connectivity index (χ0n) is 16.4. The van der Waals surface area contributed by atoms with Crippen LogP contribution in [0.1, 0.15) is 40.3 Å². The van der Waals surface area contributed by atoms with Crippen molar-refractivity contribution in [3.8, 4) is 17.6 Å². The molecule has 0 spiro atoms. The first-order valence-corrected chi connectivity index (χ1v) is 8.34. The van der Waals surface area contributed by atoms with Crippen LogP contribution in [0.5, 0.6) is 0 Å². The molecule has 0 bridgehead atoms. The van der Waals surface area contributed by atoms with E-state index in [1.165, 1.54) is 0 Å². The lowest BCUT2D eigenvalue weighted by molar-refractivity contribution is 0.234. The monoisotopic (exact) mass is 360 g/mol. The van der Waals surface area contributed by atoms with Crippen molar-refractivity contribution in [1.29, 1.82) is 5.26 Å². The van der Waals surface area contributed by atoms with Gasteiger partial charge in [-0.25, -0.2) is 9.61 Å². The predicted octanol–water partition coefficient (Wildman–Crippen LogP) is 3.70. The molecule has 2 N–H and O–H groups in total. The first-order chi connectivity index (χ1) is 12.6. The first-order valence-electron chi connectivity index (χ1n) is 8.34. The molecule has 0 aliphatic carbocycles. The number of nitrogens with zero attached hydrogens (tertiary/aromatic N) is 5. The molecule has 2 aromatic heterocycles. The van der Waals surface area contributed by atoms with Crippen molar-refractivity contribution in [2.75, 3.05) is 19.5 Å². The van der Waals surface area contributed by atoms with Crippen molar-refractivity contribution in [1.82, 2.24) is 19.9 Å². The van der Waals surface area contributed by atoms with Crippen LogP contribution in [-0.4, -0.2) is 33.6 Å². The number of aromatic nitrogens is 4. The summed E-state index contributed by atoms with van der Waals surface area (Å²) in [5, 5.41) is 16.0. The van der Waals surface area contributed by atoms with Crippen molar-refractivity contribution in [3.05, 3.63) is 30.1 Å². The lowest BCUT2D eigenvalue weighted by atomic mass is 10.2. The summed E-state index contributed by atoms with van der Waals surface area (Å²) in [4.78, 5) is 4.40. The Labute approximate surface area is 154 Å². The van der Waals surface area contributed by atoms with Gasteiger partial charge in [0, 0.05) is 13.3 Å². The van der Waals surface area contributed by atoms with E-state index >= 15 is 0 Å². The van der Waals surface area contributed by atoms with Gasteiger partial charge in [0.2, 0.25) is 0 Å². The van der Waals surface area contributed by atoms with Gasteiger partial charge in [-0.3, -0.25) is 0 Å². The smallest absolute Gasteiger partial charge is 0.199 e. The number of anilines is 1. The second-order valence-electron chi connectivity index (χ2n) is 4.73. The van der Waals surface area contributed by atoms with Gasteiger partial charge in [0.05, 0.1) is 18.4 Å². The Hall–Kier alpha value is -2.92. The summed E-state index contributed by atoms with van der Waals surface area (Å²) in [6.07, 6.45) is 7.64. The van der Waals surface area contributed by atoms with Crippen LogP contribution in [0.3, 0.4) is 0 Å². The Morgan fingerprint density at radius 1 is 1.38 bits per heavy atom. The van der Waals surface area contributed by atoms with Crippen molar-refractivity contribution >= 4 is 11.4 Å². The van der Waals surface area contributed by atoms with Gasteiger partial charge in [0.25, 0.3) is 0 Å². The molecule has 0 aliphatic rings. The highest BCUT2D eigenvalue weighted by atomic mass is 16.6. The van der Waals surface area contributed by atoms with Crippen LogP contribution in [0.2, 0.25) is 0 Å². The number of imidazole rings is 1. The summed E-state index contributed by atoms with van der Waals surface area (Å²) in [6.45, 7) is 10.7. The van der Waals surface area contributed by atoms with Crippen LogP contribution in [0.25, 0.3) is 17.1 Å². The normalized spacial score (nSPS) is 10.6. The van der Waals surface area contributed by atoms with Gasteiger partial charge in [-0.1, -0.05) is 32.1 Å². The van der Waals surface area contributed by atoms with Crippen LogP contribution in [0.4, 0.5) is 5.82 Å². The third-order valence-corrected chi connectivity index (χ3v) is 3.08. The van der Waals surface area contributed by atoms with E-state index in [-0.39, 0.29) is 12.4 Å². The van der Waals surface area contributed by atoms with Crippen molar-refractivity contribution in [3.63, 3.8) is 0 Å². The molecule has 8 heteroatoms. The van der Waals surface area contributed by atoms with Crippen molar-refractivity contribution in [2.24, 2.45) is 0 Å². The van der Waals surface area contributed by atoms with E-state index in [0.29, 0.717) is 11.5 Å². The summed E-state index contributed by atoms with van der Waals surface area (Å²) in [5.74, 6) is 0.635. The average molecular weight is 360 g/mol. The topological polar surface area (TPSA) is 116 Å². The molecule has 0 aliphatic heterocycles. The lowest BCUT2D eigenvalue weighted by Gasteiger charge is -1.98. The van der Waals surface area contributed by atoms with Gasteiger partial charge in [0.1, 0.15) is 6.54 Å². The van der Waals surface area contributed by atoms with Crippen LogP contribution in [-0.2, 0) is 11.3 Å². The Morgan fingerprint density at radius 3 is 2.50 bits per heavy atom. The third-order valence-electron chi connectivity index (χ3n) is 3.08. The van der Waals surface area contributed by atoms with E-state index < -0.39 is 0 Å². The standard InChI is InChI=1S/C11H12N6O.C5H10O.C2H6/c1-3-7(2)8-6-17(5-4-12)11(14-8)9-10(13)16-18-15-9;1-3-4-5-6-2;1-2/h3,6H,5H2,1-2H3,(H2,13,16);3-4H,5H2,1-2H3;1-2H3/b7-3+;4-3-;. The molecule has 0 unspecified atom stereocenters. The van der Waals surface area contributed by atoms with E-state index in [9.17, 15) is 0 Å². The summed E-state index contributed by atoms with van der Waals surface area (Å²) >= 11 is 0. The largest absolute Gasteiger partial charge is 0.381 e. The molecule has 0 aromatic carbocycles. The Balaban J connectivity index is 0.000000667. The molecule has 0 saturated heterocycles. The third kappa shape index (κ3) is 6.91. The Bertz CT molecular complexity index is 737. The van der Waals surface area contributed by atoms with E-state index in [2.05, 4.69) is 26.0 Å². The fourth-order valence-electron chi connectivity index (χ4n) is 1.68. The number of hydrogen-bond donors (Lipinski definition) is 1. The van der Waals surface area contributed by atoms with Crippen molar-refractivity contribution in [2.45, 2.75) is 41.2 Å². The van der Waals surface area contributed by atoms with Gasteiger partial charge >= 0.3 is 0 Å². The summed E-state index contributed by atoms with van der Waals surface area (Å²) in [6, 6.07) is 2.06. The van der Waals surface area contributed by atoms with Crippen LogP contribution >= 0.6 is 0 Å². The Morgan fingerprint density at radius 2 is 2.08 bits per heavy atom. The van der Waals surface area contributed by atoms with Crippen LogP contribution in [0.15, 0.2) is 29.1 Å². The average Bonchev–Trinajstić information content (AvgIpc) is 3.27. The number of ether oxygens (including phenoxy) is 1. The van der Waals surface area contributed by atoms with E-state index in [1.807, 2.05) is 52.8 Å². The zero-order chi connectivity index (χ0) is 19.9. The number of methoxy groups -OCH3 is 1. The van der Waals surface area contributed by atoms with Gasteiger partial charge in [-0.15, -0.1) is 0 Å². The SMILES string of the molecule is C/C=C(\C)c1cn(CC#N)c(-c2nonc2N)n1.C/C=C\COC.CC. The fraction of sp³-hybridized carbons (Fsp3) is 0.444. The molecule has 26 heavy (non-hydrogen) atoms. The lowest BCUT2D eigenvalue weighted by Crippen LogP contribution is -1.99. The molecule has 0 amide bonds. The fourth-order valence-corrected chi connectivity index (χ4v) is 1.68. The van der Waals surface area contributed by atoms with Crippen molar-refractivity contribution < 1.29 is 9.37 Å². The molecule has 8 nitrogen and oxygen atoms in total. The number of nitriles is 1. The quantitative estimate of drug-likeness (QED) is 0.808. The first kappa shape index (κ1) is 23.1. The molecular weight excluding hydrogens is 332 g/mol. The van der Waals surface area contributed by atoms with Gasteiger partial charge in [-0.2, -0.15) is 5.26 Å². The molecular formula is C18H28N6O2. The molecule has 0 fully saturated rings. The molecule has 0 radical (unpaired) electrons. The van der Waals surface area contributed by atoms with E-state index in [1.54, 1.807) is 17.9 Å². The molecule has 2 heterocycles. The summed E-state index contributed by atoms with van der Waals surface area (Å²) in [5.41, 5.74) is 7.76. The number of nitrogen functional groups attached to an aromatic ring is 1. The maximum absolute atomic E-state index is 8.81. The van der Waals surface area contributed by atoms with Crippen LogP contribution < -0.4 is 5.73 Å². The molecule has 2 rings (SSSR count). The second-order valence-corrected chi connectivity index (χ2v) is 4.73. The van der Waals surface area contributed by atoms with Gasteiger partial charge in [-0.05, 0) is 36.7 Å². The number of rotatable bonds is 5. The number of hydrogen-bond acceptors (Lipinski definition) is 7. The summed E-state index contributed by atoms with van der Waals surface area (Å²) in [7, 11) is 1.68. The maximum atomic E-state index is 8.81. The highest BCUT2D eigenvalue weighted by Gasteiger charge is 2.17. The maximum Gasteiger partial charge on any atom is 0.199 e. The number of allylic oxidation sites excluding steroid dienone is 3. The van der Waals surface area contributed by atoms with E-state index in [0.717, 1.165) is 17.9 Å². The zero-order valence-corrected chi connectivity index (χ0v) is 16.4. The second kappa shape index (κ2) is 13.4. The molecule has 142 valence electrons. The molecule has 2 aromatic rings. The Kier molecular flexibility index (Phi) is 11.9. The minimum atomic E-state index is 0.157. The van der Waals surface area contributed by atoms with Gasteiger partial charge in [0.15, 0.2) is 17.3 Å². The predicted molar refractivity (Wildman–Crippen MR) is 103 cm³/mol. The van der Waals surface area contributed by atoms with E-state index in [4.69, 9.17) is 15.7 Å². The van der Waals surface area contributed by atoms with Gasteiger partial charge < -0.3 is 15.0 Å². The minimum Gasteiger partial charge on any atom is -0.381 e. The minimum absolute atomic E-state index is 0.157.